The van der Waals surface area contributed by atoms with E-state index in [0.717, 1.165) is 13.1 Å². The van der Waals surface area contributed by atoms with E-state index in [-0.39, 0.29) is 11.8 Å². The van der Waals surface area contributed by atoms with Crippen LogP contribution in [0.1, 0.15) is 12.1 Å². The molecule has 2 heterocycles. The Labute approximate surface area is 80.1 Å². The van der Waals surface area contributed by atoms with Gasteiger partial charge in [0.15, 0.2) is 0 Å². The SMILES string of the molecule is FC(F)c1cc(OC2CNC2)ccn1. The Bertz CT molecular complexity index is 315. The summed E-state index contributed by atoms with van der Waals surface area (Å²) in [5.41, 5.74) is -0.241. The van der Waals surface area contributed by atoms with Gasteiger partial charge in [-0.1, -0.05) is 0 Å². The minimum atomic E-state index is -2.54. The van der Waals surface area contributed by atoms with Gasteiger partial charge in [-0.05, 0) is 6.07 Å². The van der Waals surface area contributed by atoms with Crippen LogP contribution in [0.5, 0.6) is 5.75 Å². The Hall–Kier alpha value is -1.23. The molecule has 14 heavy (non-hydrogen) atoms. The lowest BCUT2D eigenvalue weighted by molar-refractivity contribution is 0.134. The highest BCUT2D eigenvalue weighted by Crippen LogP contribution is 2.21. The minimum Gasteiger partial charge on any atom is -0.488 e. The number of nitrogens with one attached hydrogen (secondary N) is 1. The van der Waals surface area contributed by atoms with Gasteiger partial charge in [-0.25, -0.2) is 8.78 Å². The molecule has 1 fully saturated rings. The number of hydrogen-bond acceptors (Lipinski definition) is 3. The average Bonchev–Trinajstić information content (AvgIpc) is 2.12. The second-order valence-corrected chi connectivity index (χ2v) is 3.12. The first-order chi connectivity index (χ1) is 6.75. The third-order valence-electron chi connectivity index (χ3n) is 2.02. The van der Waals surface area contributed by atoms with Crippen molar-refractivity contribution in [2.45, 2.75) is 12.5 Å². The molecule has 2 rings (SSSR count). The smallest absolute Gasteiger partial charge is 0.280 e. The summed E-state index contributed by atoms with van der Waals surface area (Å²) in [6.07, 6.45) is -1.11. The number of aromatic nitrogens is 1. The normalized spacial score (nSPS) is 16.8. The van der Waals surface area contributed by atoms with E-state index in [1.165, 1.54) is 12.3 Å². The van der Waals surface area contributed by atoms with Crippen LogP contribution in [0.3, 0.4) is 0 Å². The van der Waals surface area contributed by atoms with Crippen LogP contribution in [0.2, 0.25) is 0 Å². The van der Waals surface area contributed by atoms with Gasteiger partial charge in [-0.15, -0.1) is 0 Å². The number of halogens is 2. The first kappa shape index (κ1) is 9.33. The fourth-order valence-corrected chi connectivity index (χ4v) is 1.16. The predicted molar refractivity (Wildman–Crippen MR) is 46.5 cm³/mol. The molecular formula is C9H10F2N2O. The van der Waals surface area contributed by atoms with Gasteiger partial charge in [0.1, 0.15) is 17.5 Å². The number of hydrogen-bond donors (Lipinski definition) is 1. The number of ether oxygens (including phenoxy) is 1. The third-order valence-corrected chi connectivity index (χ3v) is 2.02. The lowest BCUT2D eigenvalue weighted by Gasteiger charge is -2.27. The number of alkyl halides is 2. The molecule has 5 heteroatoms. The van der Waals surface area contributed by atoms with E-state index in [2.05, 4.69) is 10.3 Å². The summed E-state index contributed by atoms with van der Waals surface area (Å²) in [6, 6.07) is 2.87. The van der Waals surface area contributed by atoms with Crippen molar-refractivity contribution in [2.24, 2.45) is 0 Å². The van der Waals surface area contributed by atoms with E-state index >= 15 is 0 Å². The zero-order valence-corrected chi connectivity index (χ0v) is 7.41. The molecule has 0 bridgehead atoms. The van der Waals surface area contributed by atoms with E-state index in [0.29, 0.717) is 5.75 Å². The summed E-state index contributed by atoms with van der Waals surface area (Å²) in [7, 11) is 0. The van der Waals surface area contributed by atoms with Crippen LogP contribution in [0.25, 0.3) is 0 Å². The molecule has 1 aromatic rings. The molecule has 0 spiro atoms. The van der Waals surface area contributed by atoms with Crippen LogP contribution in [0, 0.1) is 0 Å². The molecule has 1 aliphatic rings. The molecule has 1 saturated heterocycles. The summed E-state index contributed by atoms with van der Waals surface area (Å²) in [6.45, 7) is 1.54. The molecule has 1 aliphatic heterocycles. The van der Waals surface area contributed by atoms with E-state index in [1.54, 1.807) is 6.07 Å². The highest BCUT2D eigenvalue weighted by Gasteiger charge is 2.19. The maximum atomic E-state index is 12.2. The summed E-state index contributed by atoms with van der Waals surface area (Å²) in [5.74, 6) is 0.460. The van der Waals surface area contributed by atoms with Crippen LogP contribution in [-0.2, 0) is 0 Å². The molecule has 76 valence electrons. The van der Waals surface area contributed by atoms with Crippen molar-refractivity contribution in [2.75, 3.05) is 13.1 Å². The van der Waals surface area contributed by atoms with Gasteiger partial charge in [0, 0.05) is 25.4 Å². The molecule has 0 aliphatic carbocycles. The average molecular weight is 200 g/mol. The van der Waals surface area contributed by atoms with Crippen LogP contribution in [-0.4, -0.2) is 24.2 Å². The third kappa shape index (κ3) is 1.98. The van der Waals surface area contributed by atoms with Crippen molar-refractivity contribution < 1.29 is 13.5 Å². The predicted octanol–water partition coefficient (Wildman–Crippen LogP) is 1.37. The summed E-state index contributed by atoms with van der Waals surface area (Å²) >= 11 is 0. The lowest BCUT2D eigenvalue weighted by Crippen LogP contribution is -2.50. The van der Waals surface area contributed by atoms with Gasteiger partial charge in [0.2, 0.25) is 0 Å². The highest BCUT2D eigenvalue weighted by atomic mass is 19.3. The first-order valence-corrected chi connectivity index (χ1v) is 4.37. The second-order valence-electron chi connectivity index (χ2n) is 3.12. The Morgan fingerprint density at radius 1 is 1.50 bits per heavy atom. The van der Waals surface area contributed by atoms with Gasteiger partial charge in [-0.3, -0.25) is 4.98 Å². The Morgan fingerprint density at radius 2 is 2.29 bits per heavy atom. The largest absolute Gasteiger partial charge is 0.488 e. The molecule has 0 amide bonds. The van der Waals surface area contributed by atoms with E-state index in [4.69, 9.17) is 4.74 Å². The lowest BCUT2D eigenvalue weighted by atomic mass is 10.2. The van der Waals surface area contributed by atoms with Crippen LogP contribution in [0.15, 0.2) is 18.3 Å². The van der Waals surface area contributed by atoms with Crippen molar-refractivity contribution in [1.29, 1.82) is 0 Å². The van der Waals surface area contributed by atoms with E-state index in [1.807, 2.05) is 0 Å². The molecule has 0 radical (unpaired) electrons. The molecule has 0 atom stereocenters. The molecule has 0 unspecified atom stereocenters. The summed E-state index contributed by atoms with van der Waals surface area (Å²) in [5, 5.41) is 3.03. The molecule has 1 aromatic heterocycles. The zero-order valence-electron chi connectivity index (χ0n) is 7.41. The van der Waals surface area contributed by atoms with Crippen LogP contribution >= 0.6 is 0 Å². The summed E-state index contributed by atoms with van der Waals surface area (Å²) in [4.78, 5) is 3.54. The van der Waals surface area contributed by atoms with E-state index < -0.39 is 6.43 Å². The minimum absolute atomic E-state index is 0.0999. The summed E-state index contributed by atoms with van der Waals surface area (Å²) < 4.78 is 29.9. The van der Waals surface area contributed by atoms with Gasteiger partial charge >= 0.3 is 0 Å². The number of pyridine rings is 1. The van der Waals surface area contributed by atoms with Gasteiger partial charge in [0.05, 0.1) is 0 Å². The number of nitrogens with zero attached hydrogens (tertiary/aromatic N) is 1. The Balaban J connectivity index is 2.05. The molecular weight excluding hydrogens is 190 g/mol. The maximum absolute atomic E-state index is 12.2. The quantitative estimate of drug-likeness (QED) is 0.800. The van der Waals surface area contributed by atoms with Crippen molar-refractivity contribution in [3.63, 3.8) is 0 Å². The number of rotatable bonds is 3. The van der Waals surface area contributed by atoms with Gasteiger partial charge < -0.3 is 10.1 Å². The maximum Gasteiger partial charge on any atom is 0.280 e. The Morgan fingerprint density at radius 3 is 2.86 bits per heavy atom. The second kappa shape index (κ2) is 3.88. The highest BCUT2D eigenvalue weighted by molar-refractivity contribution is 5.23. The van der Waals surface area contributed by atoms with Gasteiger partial charge in [0.25, 0.3) is 6.43 Å². The van der Waals surface area contributed by atoms with Crippen molar-refractivity contribution in [3.8, 4) is 5.75 Å². The monoisotopic (exact) mass is 200 g/mol. The van der Waals surface area contributed by atoms with Gasteiger partial charge in [-0.2, -0.15) is 0 Å². The standard InChI is InChI=1S/C9H10F2N2O/c10-9(11)8-3-6(1-2-13-8)14-7-4-12-5-7/h1-3,7,9,12H,4-5H2. The zero-order chi connectivity index (χ0) is 9.97. The molecule has 3 nitrogen and oxygen atoms in total. The molecule has 0 aromatic carbocycles. The Kier molecular flexibility index (Phi) is 2.58. The van der Waals surface area contributed by atoms with Crippen molar-refractivity contribution in [3.05, 3.63) is 24.0 Å². The fourth-order valence-electron chi connectivity index (χ4n) is 1.16. The molecule has 1 N–H and O–H groups in total. The van der Waals surface area contributed by atoms with Crippen LogP contribution in [0.4, 0.5) is 8.78 Å². The van der Waals surface area contributed by atoms with Crippen LogP contribution < -0.4 is 10.1 Å². The first-order valence-electron chi connectivity index (χ1n) is 4.37. The van der Waals surface area contributed by atoms with E-state index in [9.17, 15) is 8.78 Å². The fraction of sp³-hybridized carbons (Fsp3) is 0.444. The van der Waals surface area contributed by atoms with Crippen molar-refractivity contribution in [1.82, 2.24) is 10.3 Å². The molecule has 0 saturated carbocycles. The topological polar surface area (TPSA) is 34.1 Å². The van der Waals surface area contributed by atoms with Crippen molar-refractivity contribution >= 4 is 0 Å².